The Morgan fingerprint density at radius 2 is 1.46 bits per heavy atom. The van der Waals surface area contributed by atoms with Gasteiger partial charge in [-0.3, -0.25) is 0 Å². The minimum Gasteiger partial charge on any atom is -0.490 e. The van der Waals surface area contributed by atoms with Gasteiger partial charge < -0.3 is 29.3 Å². The third-order valence-electron chi connectivity index (χ3n) is 8.94. The number of aryl methyl sites for hydroxylation is 2. The standard InChI is InChI=1S/C36H46BCl2NO6/c1-22-18-29(38)32(30(39)19-22)43-17-16-42-26-13-10-24(11-14-26)31(34(3,4)5)28(21-44-33(40)41)27-15-12-25(20-23(27)2)37-45-35(6,7)36(8,9)46-37/h10-15,18-20,28,31H,16-17,21H2,1-9H3,(H2,40,41). The zero-order valence-corrected chi connectivity index (χ0v) is 29.8. The molecule has 0 saturated carbocycles. The van der Waals surface area contributed by atoms with Crippen molar-refractivity contribution < 1.29 is 28.3 Å². The summed E-state index contributed by atoms with van der Waals surface area (Å²) in [4.78, 5) is 11.8. The topological polar surface area (TPSA) is 89.2 Å². The summed E-state index contributed by atoms with van der Waals surface area (Å²) in [5, 5.41) is 0.936. The molecular formula is C36H46BCl2NO6. The Balaban J connectivity index is 1.54. The Hall–Kier alpha value is -2.91. The summed E-state index contributed by atoms with van der Waals surface area (Å²) in [7, 11) is -0.472. The van der Waals surface area contributed by atoms with Crippen molar-refractivity contribution in [1.82, 2.24) is 0 Å². The van der Waals surface area contributed by atoms with E-state index >= 15 is 0 Å². The first kappa shape index (κ1) is 35.9. The van der Waals surface area contributed by atoms with Crippen LogP contribution in [-0.2, 0) is 14.0 Å². The molecule has 3 aromatic rings. The molecule has 2 unspecified atom stereocenters. The highest BCUT2D eigenvalue weighted by Crippen LogP contribution is 2.47. The molecule has 1 fully saturated rings. The largest absolute Gasteiger partial charge is 0.494 e. The van der Waals surface area contributed by atoms with Crippen LogP contribution in [0.1, 0.15) is 82.6 Å². The summed E-state index contributed by atoms with van der Waals surface area (Å²) in [6.45, 7) is 19.4. The number of primary amides is 1. The first-order chi connectivity index (χ1) is 21.4. The summed E-state index contributed by atoms with van der Waals surface area (Å²) >= 11 is 12.6. The van der Waals surface area contributed by atoms with Crippen LogP contribution in [0, 0.1) is 19.3 Å². The highest BCUT2D eigenvalue weighted by molar-refractivity contribution is 6.62. The fourth-order valence-corrected chi connectivity index (χ4v) is 6.72. The van der Waals surface area contributed by atoms with Gasteiger partial charge in [-0.25, -0.2) is 4.79 Å². The van der Waals surface area contributed by atoms with Gasteiger partial charge in [-0.15, -0.1) is 0 Å². The summed E-state index contributed by atoms with van der Waals surface area (Å²) in [6, 6.07) is 17.9. The van der Waals surface area contributed by atoms with Crippen LogP contribution < -0.4 is 20.7 Å². The molecule has 2 N–H and O–H groups in total. The minimum atomic E-state index is -0.802. The number of benzene rings is 3. The summed E-state index contributed by atoms with van der Waals surface area (Å²) in [5.41, 5.74) is 9.49. The van der Waals surface area contributed by atoms with Gasteiger partial charge in [-0.1, -0.05) is 74.3 Å². The Labute approximate surface area is 284 Å². The molecule has 1 aliphatic rings. The Kier molecular flexibility index (Phi) is 11.0. The SMILES string of the molecule is Cc1cc(Cl)c(OCCOc2ccc(C(C(COC(N)=O)c3ccc(B4OC(C)(C)C(C)(C)O4)cc3C)C(C)(C)C)cc2)c(Cl)c1. The molecule has 46 heavy (non-hydrogen) atoms. The van der Waals surface area contributed by atoms with Gasteiger partial charge >= 0.3 is 13.2 Å². The molecule has 0 aromatic heterocycles. The average Bonchev–Trinajstić information content (AvgIpc) is 3.16. The number of hydrogen-bond acceptors (Lipinski definition) is 6. The quantitative estimate of drug-likeness (QED) is 0.163. The predicted molar refractivity (Wildman–Crippen MR) is 186 cm³/mol. The summed E-state index contributed by atoms with van der Waals surface area (Å²) in [5.74, 6) is 0.943. The molecule has 248 valence electrons. The molecule has 0 bridgehead atoms. The van der Waals surface area contributed by atoms with Crippen LogP contribution in [-0.4, -0.2) is 44.2 Å². The smallest absolute Gasteiger partial charge is 0.490 e. The van der Waals surface area contributed by atoms with Gasteiger partial charge in [-0.2, -0.15) is 0 Å². The molecule has 0 radical (unpaired) electrons. The van der Waals surface area contributed by atoms with Gasteiger partial charge in [0.15, 0.2) is 5.75 Å². The van der Waals surface area contributed by atoms with Crippen LogP contribution in [0.25, 0.3) is 0 Å². The predicted octanol–water partition coefficient (Wildman–Crippen LogP) is 8.38. The molecule has 7 nitrogen and oxygen atoms in total. The molecule has 2 atom stereocenters. The minimum absolute atomic E-state index is 0.0311. The van der Waals surface area contributed by atoms with Crippen molar-refractivity contribution in [3.05, 3.63) is 86.9 Å². The van der Waals surface area contributed by atoms with E-state index in [1.165, 1.54) is 0 Å². The second-order valence-electron chi connectivity index (χ2n) is 14.1. The van der Waals surface area contributed by atoms with Crippen molar-refractivity contribution in [1.29, 1.82) is 0 Å². The van der Waals surface area contributed by atoms with Crippen LogP contribution in [0.15, 0.2) is 54.6 Å². The van der Waals surface area contributed by atoms with E-state index in [-0.39, 0.29) is 30.5 Å². The molecule has 10 heteroatoms. The van der Waals surface area contributed by atoms with E-state index in [0.717, 1.165) is 27.7 Å². The number of rotatable bonds is 11. The van der Waals surface area contributed by atoms with Crippen molar-refractivity contribution in [3.8, 4) is 11.5 Å². The third-order valence-corrected chi connectivity index (χ3v) is 9.50. The molecule has 3 aromatic carbocycles. The Morgan fingerprint density at radius 1 is 0.891 bits per heavy atom. The van der Waals surface area contributed by atoms with Crippen molar-refractivity contribution in [2.24, 2.45) is 11.1 Å². The van der Waals surface area contributed by atoms with Gasteiger partial charge in [0.25, 0.3) is 0 Å². The van der Waals surface area contributed by atoms with Crippen molar-refractivity contribution in [3.63, 3.8) is 0 Å². The van der Waals surface area contributed by atoms with E-state index in [2.05, 4.69) is 52.0 Å². The first-order valence-corrected chi connectivity index (χ1v) is 16.3. The molecule has 1 saturated heterocycles. The highest BCUT2D eigenvalue weighted by Gasteiger charge is 2.51. The third kappa shape index (κ3) is 8.32. The summed E-state index contributed by atoms with van der Waals surface area (Å²) < 4.78 is 29.8. The lowest BCUT2D eigenvalue weighted by molar-refractivity contribution is 0.00578. The normalized spacial score (nSPS) is 17.0. The fraction of sp³-hybridized carbons (Fsp3) is 0.472. The van der Waals surface area contributed by atoms with E-state index in [1.54, 1.807) is 0 Å². The van der Waals surface area contributed by atoms with Crippen LogP contribution in [0.4, 0.5) is 4.79 Å². The van der Waals surface area contributed by atoms with Crippen LogP contribution in [0.2, 0.25) is 10.0 Å². The van der Waals surface area contributed by atoms with Gasteiger partial charge in [-0.05, 0) is 105 Å². The number of halogens is 2. The van der Waals surface area contributed by atoms with Gasteiger partial charge in [0.2, 0.25) is 0 Å². The lowest BCUT2D eigenvalue weighted by Gasteiger charge is -2.38. The maximum atomic E-state index is 11.8. The van der Waals surface area contributed by atoms with Gasteiger partial charge in [0.1, 0.15) is 25.6 Å². The van der Waals surface area contributed by atoms with E-state index in [0.29, 0.717) is 28.2 Å². The van der Waals surface area contributed by atoms with Crippen LogP contribution in [0.5, 0.6) is 11.5 Å². The lowest BCUT2D eigenvalue weighted by Crippen LogP contribution is -2.41. The summed E-state index contributed by atoms with van der Waals surface area (Å²) in [6.07, 6.45) is -0.802. The zero-order valence-electron chi connectivity index (χ0n) is 28.3. The van der Waals surface area contributed by atoms with Gasteiger partial charge in [0.05, 0.1) is 21.2 Å². The number of carbonyl (C=O) groups is 1. The van der Waals surface area contributed by atoms with E-state index < -0.39 is 24.4 Å². The van der Waals surface area contributed by atoms with Gasteiger partial charge in [0, 0.05) is 5.92 Å². The second kappa shape index (κ2) is 14.1. The maximum absolute atomic E-state index is 11.8. The number of hydrogen-bond donors (Lipinski definition) is 1. The molecular weight excluding hydrogens is 624 g/mol. The number of amides is 1. The van der Waals surface area contributed by atoms with E-state index in [9.17, 15) is 4.79 Å². The molecule has 0 spiro atoms. The monoisotopic (exact) mass is 669 g/mol. The first-order valence-electron chi connectivity index (χ1n) is 15.6. The van der Waals surface area contributed by atoms with Crippen molar-refractivity contribution >= 4 is 41.9 Å². The molecule has 1 amide bonds. The van der Waals surface area contributed by atoms with Crippen molar-refractivity contribution in [2.45, 2.75) is 85.4 Å². The maximum Gasteiger partial charge on any atom is 0.494 e. The van der Waals surface area contributed by atoms with Crippen LogP contribution >= 0.6 is 23.2 Å². The molecule has 4 rings (SSSR count). The molecule has 1 aliphatic heterocycles. The average molecular weight is 670 g/mol. The number of nitrogens with two attached hydrogens (primary N) is 1. The second-order valence-corrected chi connectivity index (χ2v) is 14.9. The Morgan fingerprint density at radius 3 is 1.98 bits per heavy atom. The highest BCUT2D eigenvalue weighted by atomic mass is 35.5. The number of carbonyl (C=O) groups excluding carboxylic acids is 1. The molecule has 1 heterocycles. The lowest BCUT2D eigenvalue weighted by atomic mass is 9.66. The van der Waals surface area contributed by atoms with Crippen LogP contribution in [0.3, 0.4) is 0 Å². The van der Waals surface area contributed by atoms with Crippen molar-refractivity contribution in [2.75, 3.05) is 19.8 Å². The molecule has 0 aliphatic carbocycles. The zero-order chi connectivity index (χ0) is 34.0. The number of ether oxygens (including phenoxy) is 3. The Bertz CT molecular complexity index is 1500. The van der Waals surface area contributed by atoms with E-state index in [4.69, 9.17) is 52.5 Å². The fourth-order valence-electron chi connectivity index (χ4n) is 6.01. The van der Waals surface area contributed by atoms with E-state index in [1.807, 2.05) is 65.0 Å².